The molecule has 3 nitrogen and oxygen atoms in total. The highest BCUT2D eigenvalue weighted by molar-refractivity contribution is 6.62. The Hall–Kier alpha value is -0.705. The third kappa shape index (κ3) is 1.39. The Bertz CT molecular complexity index is 370. The summed E-state index contributed by atoms with van der Waals surface area (Å²) in [5.74, 6) is 0. The molecule has 0 bridgehead atoms. The summed E-state index contributed by atoms with van der Waals surface area (Å²) >= 11 is 5.47. The van der Waals surface area contributed by atoms with Gasteiger partial charge in [0.1, 0.15) is 0 Å². The molecule has 1 aliphatic heterocycles. The van der Waals surface area contributed by atoms with Gasteiger partial charge in [0.05, 0.1) is 5.60 Å². The van der Waals surface area contributed by atoms with Crippen LogP contribution in [0.25, 0.3) is 0 Å². The molecule has 2 N–H and O–H groups in total. The quantitative estimate of drug-likeness (QED) is 0.542. The lowest BCUT2D eigenvalue weighted by Crippen LogP contribution is -2.28. The molecule has 0 saturated carbocycles. The maximum Gasteiger partial charge on any atom is 0.492 e. The van der Waals surface area contributed by atoms with Gasteiger partial charge < -0.3 is 9.68 Å². The number of fused-ring (bicyclic) bond motifs is 1. The molecule has 74 valence electrons. The van der Waals surface area contributed by atoms with E-state index >= 15 is 0 Å². The third-order valence-corrected chi connectivity index (χ3v) is 2.70. The molecule has 0 spiro atoms. The first-order valence-corrected chi connectivity index (χ1v) is 4.79. The Morgan fingerprint density at radius 2 is 2.21 bits per heavy atom. The fraction of sp³-hybridized carbons (Fsp3) is 0.333. The molecule has 1 aromatic rings. The summed E-state index contributed by atoms with van der Waals surface area (Å²) in [7, 11) is -0.857. The number of anilines is 1. The normalized spacial score (nSPS) is 18.1. The van der Waals surface area contributed by atoms with Gasteiger partial charge in [-0.1, -0.05) is 6.07 Å². The lowest BCUT2D eigenvalue weighted by Gasteiger charge is -2.19. The summed E-state index contributed by atoms with van der Waals surface area (Å²) in [6.07, 6.45) is 0. The van der Waals surface area contributed by atoms with Crippen LogP contribution in [0.4, 0.5) is 5.69 Å². The number of halogens is 1. The predicted octanol–water partition coefficient (Wildman–Crippen LogP) is 1.21. The zero-order chi connectivity index (χ0) is 10.3. The van der Waals surface area contributed by atoms with E-state index in [0.29, 0.717) is 0 Å². The average Bonchev–Trinajstić information content (AvgIpc) is 2.37. The van der Waals surface area contributed by atoms with Crippen molar-refractivity contribution >= 4 is 30.0 Å². The molecule has 0 aromatic heterocycles. The van der Waals surface area contributed by atoms with Crippen LogP contribution in [0.15, 0.2) is 18.2 Å². The molecule has 0 saturated heterocycles. The largest absolute Gasteiger partial charge is 0.492 e. The highest BCUT2D eigenvalue weighted by Gasteiger charge is 2.40. The summed E-state index contributed by atoms with van der Waals surface area (Å²) in [4.78, 5) is 2.51. The van der Waals surface area contributed by atoms with E-state index in [-0.39, 0.29) is 0 Å². The van der Waals surface area contributed by atoms with Gasteiger partial charge in [-0.25, -0.2) is 0 Å². The molecule has 0 aliphatic carbocycles. The number of hydrogen-bond acceptors (Lipinski definition) is 3. The summed E-state index contributed by atoms with van der Waals surface area (Å²) in [6.45, 7) is 3.85. The summed E-state index contributed by atoms with van der Waals surface area (Å²) in [6, 6.07) is 5.56. The molecule has 1 aromatic carbocycles. The zero-order valence-electron chi connectivity index (χ0n) is 8.04. The first-order chi connectivity index (χ1) is 6.54. The van der Waals surface area contributed by atoms with Crippen molar-refractivity contribution in [3.8, 4) is 0 Å². The van der Waals surface area contributed by atoms with Gasteiger partial charge in [0.15, 0.2) is 0 Å². The first kappa shape index (κ1) is 9.83. The Balaban J connectivity index is 2.52. The number of benzene rings is 1. The van der Waals surface area contributed by atoms with Crippen molar-refractivity contribution in [2.45, 2.75) is 19.4 Å². The molecule has 14 heavy (non-hydrogen) atoms. The molecular weight excluding hydrogens is 200 g/mol. The van der Waals surface area contributed by atoms with Crippen LogP contribution in [-0.2, 0) is 10.3 Å². The van der Waals surface area contributed by atoms with Gasteiger partial charge in [-0.2, -0.15) is 0 Å². The molecule has 0 fully saturated rings. The lowest BCUT2D eigenvalue weighted by atomic mass is 9.78. The fourth-order valence-electron chi connectivity index (χ4n) is 1.78. The molecule has 0 amide bonds. The molecule has 0 radical (unpaired) electrons. The minimum absolute atomic E-state index is 0.431. The van der Waals surface area contributed by atoms with Gasteiger partial charge in [0.25, 0.3) is 0 Å². The third-order valence-electron chi connectivity index (χ3n) is 2.48. The fourth-order valence-corrected chi connectivity index (χ4v) is 1.90. The van der Waals surface area contributed by atoms with Gasteiger partial charge in [-0.05, 0) is 37.0 Å². The van der Waals surface area contributed by atoms with Gasteiger partial charge in [-0.15, -0.1) is 0 Å². The van der Waals surface area contributed by atoms with Crippen LogP contribution in [0.2, 0.25) is 0 Å². The van der Waals surface area contributed by atoms with Crippen molar-refractivity contribution < 1.29 is 9.68 Å². The van der Waals surface area contributed by atoms with Crippen LogP contribution >= 0.6 is 11.8 Å². The maximum absolute atomic E-state index is 9.64. The van der Waals surface area contributed by atoms with E-state index in [1.807, 2.05) is 26.0 Å². The van der Waals surface area contributed by atoms with E-state index in [0.717, 1.165) is 16.7 Å². The smallest absolute Gasteiger partial charge is 0.423 e. The Morgan fingerprint density at radius 1 is 1.50 bits per heavy atom. The van der Waals surface area contributed by atoms with E-state index < -0.39 is 12.7 Å². The second kappa shape index (κ2) is 3.16. The molecule has 5 heteroatoms. The molecule has 1 heterocycles. The van der Waals surface area contributed by atoms with Crippen molar-refractivity contribution in [1.29, 1.82) is 0 Å². The second-order valence-corrected chi connectivity index (χ2v) is 4.07. The van der Waals surface area contributed by atoms with Gasteiger partial charge >= 0.3 is 7.12 Å². The monoisotopic (exact) mass is 211 g/mol. The second-order valence-electron chi connectivity index (χ2n) is 3.88. The minimum atomic E-state index is -0.857. The number of nitrogens with one attached hydrogen (secondary N) is 1. The topological polar surface area (TPSA) is 41.5 Å². The van der Waals surface area contributed by atoms with Gasteiger partial charge in [0, 0.05) is 17.5 Å². The lowest BCUT2D eigenvalue weighted by molar-refractivity contribution is 0.101. The van der Waals surface area contributed by atoms with E-state index in [1.54, 1.807) is 6.07 Å². The molecule has 1 aliphatic rings. The van der Waals surface area contributed by atoms with Crippen molar-refractivity contribution in [1.82, 2.24) is 0 Å². The van der Waals surface area contributed by atoms with Crippen LogP contribution in [0.3, 0.4) is 0 Å². The van der Waals surface area contributed by atoms with Gasteiger partial charge in [-0.3, -0.25) is 4.84 Å². The molecular formula is C9H11BClNO2. The van der Waals surface area contributed by atoms with Crippen LogP contribution in [0.5, 0.6) is 0 Å². The van der Waals surface area contributed by atoms with Crippen LogP contribution < -0.4 is 10.3 Å². The number of hydrogen-bond donors (Lipinski definition) is 2. The van der Waals surface area contributed by atoms with Crippen LogP contribution in [-0.4, -0.2) is 12.1 Å². The minimum Gasteiger partial charge on any atom is -0.423 e. The first-order valence-electron chi connectivity index (χ1n) is 4.41. The van der Waals surface area contributed by atoms with E-state index in [9.17, 15) is 5.02 Å². The van der Waals surface area contributed by atoms with E-state index in [4.69, 9.17) is 16.4 Å². The molecule has 2 rings (SSSR count). The highest BCUT2D eigenvalue weighted by atomic mass is 35.5. The predicted molar refractivity (Wildman–Crippen MR) is 57.6 cm³/mol. The SMILES string of the molecule is CC1(C)OB(O)c2cc(NCl)ccc21. The Kier molecular flexibility index (Phi) is 2.22. The Morgan fingerprint density at radius 3 is 2.86 bits per heavy atom. The molecule has 0 unspecified atom stereocenters. The highest BCUT2D eigenvalue weighted by Crippen LogP contribution is 2.30. The van der Waals surface area contributed by atoms with Crippen molar-refractivity contribution in [3.05, 3.63) is 23.8 Å². The van der Waals surface area contributed by atoms with E-state index in [1.165, 1.54) is 0 Å². The van der Waals surface area contributed by atoms with Crippen molar-refractivity contribution in [3.63, 3.8) is 0 Å². The summed E-state index contributed by atoms with van der Waals surface area (Å²) in [5.41, 5.74) is 2.10. The Labute approximate surface area is 88.3 Å². The molecule has 0 atom stereocenters. The maximum atomic E-state index is 9.64. The van der Waals surface area contributed by atoms with Gasteiger partial charge in [0.2, 0.25) is 0 Å². The average molecular weight is 211 g/mol. The summed E-state index contributed by atoms with van der Waals surface area (Å²) < 4.78 is 5.40. The summed E-state index contributed by atoms with van der Waals surface area (Å²) in [5, 5.41) is 9.64. The van der Waals surface area contributed by atoms with Crippen LogP contribution in [0, 0.1) is 0 Å². The van der Waals surface area contributed by atoms with E-state index in [2.05, 4.69) is 4.84 Å². The van der Waals surface area contributed by atoms with Crippen LogP contribution in [0.1, 0.15) is 19.4 Å². The standard InChI is InChI=1S/C9H11BClNO2/c1-9(2)7-4-3-6(12-11)5-8(7)10(13)14-9/h3-5,12-13H,1-2H3. The van der Waals surface area contributed by atoms with Crippen molar-refractivity contribution in [2.24, 2.45) is 0 Å². The number of rotatable bonds is 1. The van der Waals surface area contributed by atoms with Crippen molar-refractivity contribution in [2.75, 3.05) is 4.84 Å². The zero-order valence-corrected chi connectivity index (χ0v) is 8.80.